The van der Waals surface area contributed by atoms with Gasteiger partial charge in [0, 0.05) is 21.7 Å². The van der Waals surface area contributed by atoms with Crippen molar-refractivity contribution in [2.24, 2.45) is 5.41 Å². The first-order valence-electron chi connectivity index (χ1n) is 10.0. The predicted octanol–water partition coefficient (Wildman–Crippen LogP) is 4.98. The fraction of sp³-hybridized carbons (Fsp3) is 0.435. The molecule has 5 nitrogen and oxygen atoms in total. The van der Waals surface area contributed by atoms with Crippen LogP contribution in [0.25, 0.3) is 0 Å². The average Bonchev–Trinajstić information content (AvgIpc) is 3.40. The SMILES string of the molecule is CC(C)(C)C(=O)COC(=O)c1ccccc1SCC(=O)N1CCC[C@@H]1c1cccs1. The van der Waals surface area contributed by atoms with Crippen LogP contribution in [-0.4, -0.2) is 41.5 Å². The Kier molecular flexibility index (Phi) is 7.36. The third kappa shape index (κ3) is 5.52. The van der Waals surface area contributed by atoms with Gasteiger partial charge in [-0.3, -0.25) is 9.59 Å². The van der Waals surface area contributed by atoms with Crippen molar-refractivity contribution in [1.29, 1.82) is 0 Å². The van der Waals surface area contributed by atoms with E-state index in [1.54, 1.807) is 50.3 Å². The van der Waals surface area contributed by atoms with E-state index in [1.807, 2.05) is 22.4 Å². The third-order valence-electron chi connectivity index (χ3n) is 5.07. The second kappa shape index (κ2) is 9.79. The lowest BCUT2D eigenvalue weighted by Crippen LogP contribution is -2.31. The molecule has 1 aromatic heterocycles. The molecule has 30 heavy (non-hydrogen) atoms. The molecule has 0 bridgehead atoms. The molecule has 0 saturated carbocycles. The minimum atomic E-state index is -0.560. The summed E-state index contributed by atoms with van der Waals surface area (Å²) in [4.78, 5) is 41.3. The zero-order chi connectivity index (χ0) is 21.7. The van der Waals surface area contributed by atoms with Gasteiger partial charge in [-0.2, -0.15) is 0 Å². The Hall–Kier alpha value is -2.12. The van der Waals surface area contributed by atoms with E-state index >= 15 is 0 Å². The van der Waals surface area contributed by atoms with Crippen molar-refractivity contribution in [2.45, 2.75) is 44.6 Å². The molecule has 0 unspecified atom stereocenters. The van der Waals surface area contributed by atoms with E-state index in [9.17, 15) is 14.4 Å². The van der Waals surface area contributed by atoms with Crippen LogP contribution in [0.15, 0.2) is 46.7 Å². The van der Waals surface area contributed by atoms with E-state index in [-0.39, 0.29) is 30.1 Å². The predicted molar refractivity (Wildman–Crippen MR) is 120 cm³/mol. The number of esters is 1. The first-order chi connectivity index (χ1) is 14.3. The number of ether oxygens (including phenoxy) is 1. The summed E-state index contributed by atoms with van der Waals surface area (Å²) in [5.41, 5.74) is -0.177. The van der Waals surface area contributed by atoms with Crippen molar-refractivity contribution >= 4 is 40.8 Å². The van der Waals surface area contributed by atoms with E-state index in [0.29, 0.717) is 10.5 Å². The van der Waals surface area contributed by atoms with E-state index < -0.39 is 11.4 Å². The summed E-state index contributed by atoms with van der Waals surface area (Å²) in [5.74, 6) is -0.347. The maximum atomic E-state index is 12.9. The number of Topliss-reactive ketones (excluding diaryl/α,β-unsaturated/α-hetero) is 1. The van der Waals surface area contributed by atoms with Crippen LogP contribution in [0.3, 0.4) is 0 Å². The van der Waals surface area contributed by atoms with Gasteiger partial charge in [-0.15, -0.1) is 23.1 Å². The highest BCUT2D eigenvalue weighted by Gasteiger charge is 2.30. The molecular weight excluding hydrogens is 418 g/mol. The number of carbonyl (C=O) groups excluding carboxylic acids is 3. The first kappa shape index (κ1) is 22.6. The number of amides is 1. The van der Waals surface area contributed by atoms with Gasteiger partial charge in [0.25, 0.3) is 0 Å². The quantitative estimate of drug-likeness (QED) is 0.444. The smallest absolute Gasteiger partial charge is 0.339 e. The van der Waals surface area contributed by atoms with Gasteiger partial charge >= 0.3 is 5.97 Å². The van der Waals surface area contributed by atoms with Crippen LogP contribution in [0.5, 0.6) is 0 Å². The van der Waals surface area contributed by atoms with Crippen LogP contribution >= 0.6 is 23.1 Å². The lowest BCUT2D eigenvalue weighted by atomic mass is 9.91. The Morgan fingerprint density at radius 3 is 2.63 bits per heavy atom. The molecule has 1 amide bonds. The van der Waals surface area contributed by atoms with Crippen LogP contribution < -0.4 is 0 Å². The lowest BCUT2D eigenvalue weighted by molar-refractivity contribution is -0.130. The lowest BCUT2D eigenvalue weighted by Gasteiger charge is -2.24. The fourth-order valence-corrected chi connectivity index (χ4v) is 5.05. The minimum Gasteiger partial charge on any atom is -0.454 e. The van der Waals surface area contributed by atoms with Crippen molar-refractivity contribution in [1.82, 2.24) is 4.90 Å². The number of hydrogen-bond donors (Lipinski definition) is 0. The molecule has 1 saturated heterocycles. The Balaban J connectivity index is 1.61. The molecule has 2 heterocycles. The molecule has 1 aliphatic heterocycles. The normalized spacial score (nSPS) is 16.5. The summed E-state index contributed by atoms with van der Waals surface area (Å²) < 4.78 is 5.23. The molecule has 3 rings (SSSR count). The number of benzene rings is 1. The molecular formula is C23H27NO4S2. The fourth-order valence-electron chi connectivity index (χ4n) is 3.25. The van der Waals surface area contributed by atoms with Gasteiger partial charge in [0.1, 0.15) is 0 Å². The number of thioether (sulfide) groups is 1. The highest BCUT2D eigenvalue weighted by Crippen LogP contribution is 2.35. The monoisotopic (exact) mass is 445 g/mol. The van der Waals surface area contributed by atoms with Crippen LogP contribution in [0, 0.1) is 5.41 Å². The molecule has 7 heteroatoms. The first-order valence-corrected chi connectivity index (χ1v) is 11.9. The second-order valence-corrected chi connectivity index (χ2v) is 10.3. The van der Waals surface area contributed by atoms with E-state index in [1.165, 1.54) is 16.6 Å². The van der Waals surface area contributed by atoms with Gasteiger partial charge < -0.3 is 9.64 Å². The van der Waals surface area contributed by atoms with Gasteiger partial charge in [0.2, 0.25) is 5.91 Å². The number of likely N-dealkylation sites (tertiary alicyclic amines) is 1. The highest BCUT2D eigenvalue weighted by molar-refractivity contribution is 8.00. The summed E-state index contributed by atoms with van der Waals surface area (Å²) in [6.07, 6.45) is 1.99. The molecule has 0 spiro atoms. The number of hydrogen-bond acceptors (Lipinski definition) is 6. The molecule has 160 valence electrons. The largest absolute Gasteiger partial charge is 0.454 e. The van der Waals surface area contributed by atoms with Crippen molar-refractivity contribution in [3.8, 4) is 0 Å². The van der Waals surface area contributed by atoms with Gasteiger partial charge in [0.15, 0.2) is 12.4 Å². The van der Waals surface area contributed by atoms with Crippen LogP contribution in [0.4, 0.5) is 0 Å². The van der Waals surface area contributed by atoms with E-state index in [2.05, 4.69) is 6.07 Å². The van der Waals surface area contributed by atoms with Crippen molar-refractivity contribution in [3.63, 3.8) is 0 Å². The van der Waals surface area contributed by atoms with E-state index in [0.717, 1.165) is 19.4 Å². The Morgan fingerprint density at radius 1 is 1.17 bits per heavy atom. The summed E-state index contributed by atoms with van der Waals surface area (Å²) >= 11 is 3.02. The number of ketones is 1. The molecule has 1 atom stereocenters. The summed E-state index contributed by atoms with van der Waals surface area (Å²) in [6.45, 7) is 5.89. The van der Waals surface area contributed by atoms with Crippen molar-refractivity contribution in [2.75, 3.05) is 18.9 Å². The number of rotatable bonds is 7. The van der Waals surface area contributed by atoms with Gasteiger partial charge in [-0.25, -0.2) is 4.79 Å². The summed E-state index contributed by atoms with van der Waals surface area (Å²) in [6, 6.07) is 11.3. The topological polar surface area (TPSA) is 63.7 Å². The van der Waals surface area contributed by atoms with E-state index in [4.69, 9.17) is 4.74 Å². The Bertz CT molecular complexity index is 902. The van der Waals surface area contributed by atoms with Crippen LogP contribution in [-0.2, 0) is 14.3 Å². The molecule has 0 N–H and O–H groups in total. The van der Waals surface area contributed by atoms with Crippen molar-refractivity contribution in [3.05, 3.63) is 52.2 Å². The maximum absolute atomic E-state index is 12.9. The molecule has 2 aromatic rings. The molecule has 1 fully saturated rings. The average molecular weight is 446 g/mol. The zero-order valence-electron chi connectivity index (χ0n) is 17.6. The molecule has 0 radical (unpaired) electrons. The van der Waals surface area contributed by atoms with Gasteiger partial charge in [0.05, 0.1) is 17.4 Å². The minimum absolute atomic E-state index is 0.0713. The highest BCUT2D eigenvalue weighted by atomic mass is 32.2. The van der Waals surface area contributed by atoms with Crippen LogP contribution in [0.2, 0.25) is 0 Å². The third-order valence-corrected chi connectivity index (χ3v) is 7.11. The molecule has 1 aromatic carbocycles. The summed E-state index contributed by atoms with van der Waals surface area (Å²) in [7, 11) is 0. The van der Waals surface area contributed by atoms with Crippen molar-refractivity contribution < 1.29 is 19.1 Å². The number of nitrogens with zero attached hydrogens (tertiary/aromatic N) is 1. The second-order valence-electron chi connectivity index (χ2n) is 8.29. The maximum Gasteiger partial charge on any atom is 0.339 e. The van der Waals surface area contributed by atoms with Crippen LogP contribution in [0.1, 0.15) is 54.9 Å². The number of carbonyl (C=O) groups is 3. The Labute approximate surface area is 185 Å². The standard InChI is InChI=1S/C23H27NO4S2/c1-23(2,3)20(25)14-28-22(27)16-8-4-5-10-18(16)30-15-21(26)24-12-6-9-17(24)19-11-7-13-29-19/h4-5,7-8,10-11,13,17H,6,9,12,14-15H2,1-3H3/t17-/m1/s1. The van der Waals surface area contributed by atoms with Gasteiger partial charge in [-0.1, -0.05) is 39.0 Å². The number of thiophene rings is 1. The summed E-state index contributed by atoms with van der Waals surface area (Å²) in [5, 5.41) is 2.04. The molecule has 0 aliphatic carbocycles. The van der Waals surface area contributed by atoms with Gasteiger partial charge in [-0.05, 0) is 36.4 Å². The Morgan fingerprint density at radius 2 is 1.93 bits per heavy atom. The molecule has 1 aliphatic rings. The zero-order valence-corrected chi connectivity index (χ0v) is 19.2.